The zero-order chi connectivity index (χ0) is 14.2. The zero-order valence-electron chi connectivity index (χ0n) is 11.5. The monoisotopic (exact) mass is 281 g/mol. The Labute approximate surface area is 118 Å². The Morgan fingerprint density at radius 3 is 2.65 bits per heavy atom. The summed E-state index contributed by atoms with van der Waals surface area (Å²) in [6.45, 7) is 0. The number of anilines is 1. The van der Waals surface area contributed by atoms with Crippen molar-refractivity contribution in [2.45, 2.75) is 56.6 Å². The second-order valence-electron chi connectivity index (χ2n) is 6.19. The van der Waals surface area contributed by atoms with Gasteiger partial charge in [-0.3, -0.25) is 0 Å². The molecule has 20 heavy (non-hydrogen) atoms. The highest BCUT2D eigenvalue weighted by Crippen LogP contribution is 2.44. The van der Waals surface area contributed by atoms with Gasteiger partial charge in [0.05, 0.1) is 11.6 Å². The molecule has 0 aromatic heterocycles. The Morgan fingerprint density at radius 2 is 1.85 bits per heavy atom. The van der Waals surface area contributed by atoms with Crippen LogP contribution in [0.1, 0.15) is 44.9 Å². The molecule has 110 valence electrons. The van der Waals surface area contributed by atoms with E-state index in [0.717, 1.165) is 44.6 Å². The van der Waals surface area contributed by atoms with Gasteiger partial charge in [-0.05, 0) is 43.7 Å². The molecule has 2 aliphatic carbocycles. The van der Waals surface area contributed by atoms with E-state index in [2.05, 4.69) is 5.32 Å². The van der Waals surface area contributed by atoms with Crippen LogP contribution >= 0.6 is 0 Å². The van der Waals surface area contributed by atoms with E-state index in [1.54, 1.807) is 0 Å². The first-order valence-corrected chi connectivity index (χ1v) is 7.53. The van der Waals surface area contributed by atoms with Crippen molar-refractivity contribution in [3.05, 3.63) is 29.8 Å². The molecule has 0 aliphatic heterocycles. The van der Waals surface area contributed by atoms with E-state index in [4.69, 9.17) is 0 Å². The smallest absolute Gasteiger partial charge is 0.160 e. The van der Waals surface area contributed by atoms with Crippen LogP contribution < -0.4 is 5.32 Å². The average Bonchev–Trinajstić information content (AvgIpc) is 2.43. The summed E-state index contributed by atoms with van der Waals surface area (Å²) in [6.07, 6.45) is 7.14. The molecule has 2 fully saturated rings. The Hall–Kier alpha value is -1.16. The predicted molar refractivity (Wildman–Crippen MR) is 74.5 cm³/mol. The Bertz CT molecular complexity index is 491. The van der Waals surface area contributed by atoms with Gasteiger partial charge in [-0.25, -0.2) is 8.78 Å². The summed E-state index contributed by atoms with van der Waals surface area (Å²) in [4.78, 5) is 0. The summed E-state index contributed by atoms with van der Waals surface area (Å²) in [7, 11) is 0. The Balaban J connectivity index is 1.79. The molecular weight excluding hydrogens is 260 g/mol. The number of hydrogen-bond donors (Lipinski definition) is 2. The van der Waals surface area contributed by atoms with Crippen molar-refractivity contribution in [2.75, 3.05) is 5.32 Å². The lowest BCUT2D eigenvalue weighted by molar-refractivity contribution is -0.0835. The third-order valence-electron chi connectivity index (χ3n) is 5.00. The maximum absolute atomic E-state index is 13.3. The number of rotatable bonds is 2. The lowest BCUT2D eigenvalue weighted by atomic mass is 9.65. The van der Waals surface area contributed by atoms with Gasteiger partial charge >= 0.3 is 0 Å². The number of fused-ring (bicyclic) bond motifs is 1. The van der Waals surface area contributed by atoms with Crippen LogP contribution in [-0.4, -0.2) is 16.7 Å². The fraction of sp³-hybridized carbons (Fsp3) is 0.625. The Kier molecular flexibility index (Phi) is 3.67. The number of hydrogen-bond acceptors (Lipinski definition) is 2. The largest absolute Gasteiger partial charge is 0.387 e. The molecular formula is C16H21F2NO. The first-order chi connectivity index (χ1) is 9.59. The van der Waals surface area contributed by atoms with Gasteiger partial charge in [0.1, 0.15) is 0 Å². The zero-order valence-corrected chi connectivity index (χ0v) is 11.5. The topological polar surface area (TPSA) is 32.3 Å². The molecule has 2 N–H and O–H groups in total. The van der Waals surface area contributed by atoms with Crippen molar-refractivity contribution in [3.8, 4) is 0 Å². The first kappa shape index (κ1) is 13.8. The van der Waals surface area contributed by atoms with Crippen LogP contribution in [0.3, 0.4) is 0 Å². The van der Waals surface area contributed by atoms with Crippen LogP contribution in [0, 0.1) is 17.6 Å². The normalized spacial score (nSPS) is 33.5. The lowest BCUT2D eigenvalue weighted by Gasteiger charge is -2.49. The van der Waals surface area contributed by atoms with Gasteiger partial charge < -0.3 is 10.4 Å². The second-order valence-corrected chi connectivity index (χ2v) is 6.19. The van der Waals surface area contributed by atoms with Gasteiger partial charge in [-0.2, -0.15) is 0 Å². The average molecular weight is 281 g/mol. The molecule has 0 amide bonds. The molecule has 2 saturated carbocycles. The van der Waals surface area contributed by atoms with E-state index in [1.807, 2.05) is 0 Å². The summed E-state index contributed by atoms with van der Waals surface area (Å²) in [5, 5.41) is 14.2. The molecule has 4 heteroatoms. The van der Waals surface area contributed by atoms with Crippen molar-refractivity contribution in [1.82, 2.24) is 0 Å². The first-order valence-electron chi connectivity index (χ1n) is 7.53. The molecule has 0 spiro atoms. The summed E-state index contributed by atoms with van der Waals surface area (Å²) in [6, 6.07) is 3.77. The van der Waals surface area contributed by atoms with Gasteiger partial charge in [-0.1, -0.05) is 19.3 Å². The third-order valence-corrected chi connectivity index (χ3v) is 5.00. The van der Waals surface area contributed by atoms with Crippen molar-refractivity contribution in [1.29, 1.82) is 0 Å². The van der Waals surface area contributed by atoms with E-state index in [-0.39, 0.29) is 6.04 Å². The van der Waals surface area contributed by atoms with E-state index in [9.17, 15) is 13.9 Å². The van der Waals surface area contributed by atoms with Crippen LogP contribution in [0.15, 0.2) is 18.2 Å². The minimum atomic E-state index is -0.849. The standard InChI is InChI=1S/C16H21F2NO/c17-13-8-7-12(10-14(13)18)19-15-6-3-5-11-4-1-2-9-16(11,15)20/h7-8,10-11,15,19-20H,1-6,9H2/t11-,15?,16-/m1/s1. The maximum atomic E-state index is 13.3. The summed E-state index contributed by atoms with van der Waals surface area (Å²) >= 11 is 0. The molecule has 3 atom stereocenters. The van der Waals surface area contributed by atoms with Crippen molar-refractivity contribution < 1.29 is 13.9 Å². The van der Waals surface area contributed by atoms with Gasteiger partial charge in [0, 0.05) is 11.8 Å². The fourth-order valence-corrected chi connectivity index (χ4v) is 3.91. The Morgan fingerprint density at radius 1 is 1.05 bits per heavy atom. The van der Waals surface area contributed by atoms with Crippen molar-refractivity contribution in [3.63, 3.8) is 0 Å². The van der Waals surface area contributed by atoms with Gasteiger partial charge in [0.2, 0.25) is 0 Å². The minimum absolute atomic E-state index is 0.0635. The quantitative estimate of drug-likeness (QED) is 0.863. The molecule has 1 aromatic rings. The van der Waals surface area contributed by atoms with Crippen LogP contribution in [0.5, 0.6) is 0 Å². The van der Waals surface area contributed by atoms with Crippen LogP contribution in [0.4, 0.5) is 14.5 Å². The highest BCUT2D eigenvalue weighted by molar-refractivity contribution is 5.45. The van der Waals surface area contributed by atoms with Gasteiger partial charge in [0.25, 0.3) is 0 Å². The maximum Gasteiger partial charge on any atom is 0.160 e. The van der Waals surface area contributed by atoms with E-state index in [0.29, 0.717) is 11.6 Å². The van der Waals surface area contributed by atoms with Gasteiger partial charge in [0.15, 0.2) is 11.6 Å². The molecule has 1 unspecified atom stereocenters. The number of nitrogens with one attached hydrogen (secondary N) is 1. The SMILES string of the molecule is O[C@]12CCCC[C@@H]1CCCC2Nc1ccc(F)c(F)c1. The molecule has 0 bridgehead atoms. The number of halogens is 2. The minimum Gasteiger partial charge on any atom is -0.387 e. The highest BCUT2D eigenvalue weighted by atomic mass is 19.2. The van der Waals surface area contributed by atoms with E-state index >= 15 is 0 Å². The summed E-state index contributed by atoms with van der Waals surface area (Å²) in [5.41, 5.74) is -0.144. The molecule has 1 aromatic carbocycles. The summed E-state index contributed by atoms with van der Waals surface area (Å²) < 4.78 is 26.3. The lowest BCUT2D eigenvalue weighted by Crippen LogP contribution is -2.56. The van der Waals surface area contributed by atoms with Crippen molar-refractivity contribution in [2.24, 2.45) is 5.92 Å². The number of aliphatic hydroxyl groups is 1. The third kappa shape index (κ3) is 2.41. The van der Waals surface area contributed by atoms with Crippen LogP contribution in [0.2, 0.25) is 0 Å². The highest BCUT2D eigenvalue weighted by Gasteiger charge is 2.47. The molecule has 2 nitrogen and oxygen atoms in total. The van der Waals surface area contributed by atoms with Crippen LogP contribution in [0.25, 0.3) is 0 Å². The van der Waals surface area contributed by atoms with Gasteiger partial charge in [-0.15, -0.1) is 0 Å². The molecule has 2 aliphatic rings. The molecule has 0 saturated heterocycles. The number of benzene rings is 1. The fourth-order valence-electron chi connectivity index (χ4n) is 3.91. The predicted octanol–water partition coefficient (Wildman–Crippen LogP) is 3.85. The van der Waals surface area contributed by atoms with E-state index < -0.39 is 17.2 Å². The molecule has 0 radical (unpaired) electrons. The summed E-state index contributed by atoms with van der Waals surface area (Å²) in [5.74, 6) is -1.35. The molecule has 3 rings (SSSR count). The van der Waals surface area contributed by atoms with Crippen molar-refractivity contribution >= 4 is 5.69 Å². The van der Waals surface area contributed by atoms with Crippen LogP contribution in [-0.2, 0) is 0 Å². The molecule has 0 heterocycles. The van der Waals surface area contributed by atoms with E-state index in [1.165, 1.54) is 18.6 Å². The second kappa shape index (κ2) is 5.32.